The molecule has 1 aromatic heterocycles. The normalized spacial score (nSPS) is 14.9. The van der Waals surface area contributed by atoms with Gasteiger partial charge in [0, 0.05) is 24.2 Å². The van der Waals surface area contributed by atoms with Crippen molar-refractivity contribution < 1.29 is 4.74 Å². The van der Waals surface area contributed by atoms with E-state index < -0.39 is 0 Å². The van der Waals surface area contributed by atoms with Crippen molar-refractivity contribution in [2.45, 2.75) is 32.2 Å². The van der Waals surface area contributed by atoms with Crippen LogP contribution in [0.2, 0.25) is 0 Å². The summed E-state index contributed by atoms with van der Waals surface area (Å²) in [7, 11) is 1.60. The number of ether oxygens (including phenoxy) is 1. The molecule has 0 aliphatic heterocycles. The van der Waals surface area contributed by atoms with E-state index in [4.69, 9.17) is 10.5 Å². The second-order valence-electron chi connectivity index (χ2n) is 3.33. The van der Waals surface area contributed by atoms with Gasteiger partial charge in [0.05, 0.1) is 7.11 Å². The molecule has 0 bridgehead atoms. The second-order valence-corrected chi connectivity index (χ2v) is 3.33. The first-order valence-corrected chi connectivity index (χ1v) is 4.81. The predicted molar refractivity (Wildman–Crippen MR) is 55.3 cm³/mol. The summed E-state index contributed by atoms with van der Waals surface area (Å²) in [6, 6.07) is 1.80. The number of rotatable bonds is 4. The van der Waals surface area contributed by atoms with Crippen molar-refractivity contribution >= 4 is 0 Å². The minimum absolute atomic E-state index is 0.0621. The van der Waals surface area contributed by atoms with Gasteiger partial charge in [-0.3, -0.25) is 0 Å². The van der Waals surface area contributed by atoms with Crippen molar-refractivity contribution in [1.29, 1.82) is 0 Å². The highest BCUT2D eigenvalue weighted by Crippen LogP contribution is 2.19. The zero-order chi connectivity index (χ0) is 10.6. The van der Waals surface area contributed by atoms with Crippen LogP contribution in [0.5, 0.6) is 5.88 Å². The Morgan fingerprint density at radius 1 is 1.57 bits per heavy atom. The molecule has 0 aromatic carbocycles. The molecule has 0 aliphatic carbocycles. The van der Waals surface area contributed by atoms with Gasteiger partial charge >= 0.3 is 0 Å². The third-order valence-electron chi connectivity index (χ3n) is 2.26. The van der Waals surface area contributed by atoms with Crippen LogP contribution in [0.25, 0.3) is 0 Å². The Balaban J connectivity index is 2.92. The van der Waals surface area contributed by atoms with Crippen LogP contribution in [0.15, 0.2) is 12.3 Å². The molecule has 0 amide bonds. The maximum atomic E-state index is 5.85. The van der Waals surface area contributed by atoms with Crippen molar-refractivity contribution in [2.75, 3.05) is 7.11 Å². The van der Waals surface area contributed by atoms with Gasteiger partial charge in [-0.15, -0.1) is 0 Å². The van der Waals surface area contributed by atoms with E-state index in [1.807, 2.05) is 6.92 Å². The molecule has 14 heavy (non-hydrogen) atoms. The molecule has 0 spiro atoms. The van der Waals surface area contributed by atoms with Crippen LogP contribution >= 0.6 is 0 Å². The minimum Gasteiger partial charge on any atom is -0.481 e. The second kappa shape index (κ2) is 4.91. The van der Waals surface area contributed by atoms with E-state index in [2.05, 4.69) is 16.9 Å². The summed E-state index contributed by atoms with van der Waals surface area (Å²) >= 11 is 0. The standard InChI is InChI=1S/C10H17N3O/c1-4-8(7(2)11)10-12-6-5-9(13-10)14-3/h5-8H,4,11H2,1-3H3. The van der Waals surface area contributed by atoms with Gasteiger partial charge in [-0.05, 0) is 13.3 Å². The first-order valence-electron chi connectivity index (χ1n) is 4.81. The van der Waals surface area contributed by atoms with E-state index in [-0.39, 0.29) is 12.0 Å². The van der Waals surface area contributed by atoms with Gasteiger partial charge in [0.2, 0.25) is 5.88 Å². The molecule has 0 aliphatic rings. The van der Waals surface area contributed by atoms with Gasteiger partial charge in [0.15, 0.2) is 0 Å². The number of methoxy groups -OCH3 is 1. The van der Waals surface area contributed by atoms with Crippen molar-refractivity contribution in [3.63, 3.8) is 0 Å². The summed E-state index contributed by atoms with van der Waals surface area (Å²) in [4.78, 5) is 8.48. The molecular formula is C10H17N3O. The maximum absolute atomic E-state index is 5.85. The zero-order valence-electron chi connectivity index (χ0n) is 8.90. The van der Waals surface area contributed by atoms with Crippen LogP contribution in [0.4, 0.5) is 0 Å². The summed E-state index contributed by atoms with van der Waals surface area (Å²) in [5, 5.41) is 0. The summed E-state index contributed by atoms with van der Waals surface area (Å²) in [6.07, 6.45) is 2.64. The first kappa shape index (κ1) is 10.9. The SMILES string of the molecule is CCC(c1nccc(OC)n1)C(C)N. The lowest BCUT2D eigenvalue weighted by Crippen LogP contribution is -2.25. The number of nitrogens with two attached hydrogens (primary N) is 1. The highest BCUT2D eigenvalue weighted by Gasteiger charge is 2.17. The highest BCUT2D eigenvalue weighted by molar-refractivity contribution is 5.11. The molecule has 1 aromatic rings. The Morgan fingerprint density at radius 3 is 2.79 bits per heavy atom. The smallest absolute Gasteiger partial charge is 0.216 e. The van der Waals surface area contributed by atoms with Crippen molar-refractivity contribution in [3.05, 3.63) is 18.1 Å². The van der Waals surface area contributed by atoms with Gasteiger partial charge in [-0.25, -0.2) is 4.98 Å². The molecule has 0 radical (unpaired) electrons. The Labute approximate surface area is 84.5 Å². The monoisotopic (exact) mass is 195 g/mol. The third-order valence-corrected chi connectivity index (χ3v) is 2.26. The van der Waals surface area contributed by atoms with E-state index in [0.717, 1.165) is 12.2 Å². The first-order chi connectivity index (χ1) is 6.69. The largest absolute Gasteiger partial charge is 0.481 e. The Hall–Kier alpha value is -1.16. The van der Waals surface area contributed by atoms with E-state index in [9.17, 15) is 0 Å². The summed E-state index contributed by atoms with van der Waals surface area (Å²) in [5.41, 5.74) is 5.85. The number of hydrogen-bond acceptors (Lipinski definition) is 4. The highest BCUT2D eigenvalue weighted by atomic mass is 16.5. The number of nitrogens with zero attached hydrogens (tertiary/aromatic N) is 2. The van der Waals surface area contributed by atoms with Crippen LogP contribution < -0.4 is 10.5 Å². The molecule has 2 N–H and O–H groups in total. The van der Waals surface area contributed by atoms with Crippen molar-refractivity contribution in [3.8, 4) is 5.88 Å². The molecule has 78 valence electrons. The Bertz CT molecular complexity index is 288. The fraction of sp³-hybridized carbons (Fsp3) is 0.600. The van der Waals surface area contributed by atoms with Gasteiger partial charge < -0.3 is 10.5 Å². The molecule has 4 heteroatoms. The number of hydrogen-bond donors (Lipinski definition) is 1. The topological polar surface area (TPSA) is 61.0 Å². The van der Waals surface area contributed by atoms with Crippen molar-refractivity contribution in [1.82, 2.24) is 9.97 Å². The van der Waals surface area contributed by atoms with Crippen LogP contribution in [0.1, 0.15) is 32.0 Å². The molecule has 2 atom stereocenters. The van der Waals surface area contributed by atoms with Gasteiger partial charge in [-0.2, -0.15) is 4.98 Å². The quantitative estimate of drug-likeness (QED) is 0.787. The van der Waals surface area contributed by atoms with E-state index >= 15 is 0 Å². The summed E-state index contributed by atoms with van der Waals surface area (Å²) in [6.45, 7) is 4.05. The average Bonchev–Trinajstić information content (AvgIpc) is 2.19. The van der Waals surface area contributed by atoms with Gasteiger partial charge in [-0.1, -0.05) is 6.92 Å². The molecule has 2 unspecified atom stereocenters. The fourth-order valence-corrected chi connectivity index (χ4v) is 1.44. The molecule has 0 saturated heterocycles. The molecule has 1 rings (SSSR count). The summed E-state index contributed by atoms with van der Waals surface area (Å²) in [5.74, 6) is 1.56. The Morgan fingerprint density at radius 2 is 2.29 bits per heavy atom. The van der Waals surface area contributed by atoms with Crippen molar-refractivity contribution in [2.24, 2.45) is 5.73 Å². The van der Waals surface area contributed by atoms with Crippen LogP contribution in [0.3, 0.4) is 0 Å². The molecule has 4 nitrogen and oxygen atoms in total. The third kappa shape index (κ3) is 2.42. The van der Waals surface area contributed by atoms with Crippen LogP contribution in [0, 0.1) is 0 Å². The molecule has 0 fully saturated rings. The minimum atomic E-state index is 0.0621. The lowest BCUT2D eigenvalue weighted by molar-refractivity contribution is 0.390. The molecule has 1 heterocycles. The van der Waals surface area contributed by atoms with E-state index in [1.165, 1.54) is 0 Å². The average molecular weight is 195 g/mol. The molecular weight excluding hydrogens is 178 g/mol. The van der Waals surface area contributed by atoms with Crippen LogP contribution in [-0.2, 0) is 0 Å². The maximum Gasteiger partial charge on any atom is 0.216 e. The number of aromatic nitrogens is 2. The van der Waals surface area contributed by atoms with Gasteiger partial charge in [0.25, 0.3) is 0 Å². The van der Waals surface area contributed by atoms with E-state index in [1.54, 1.807) is 19.4 Å². The zero-order valence-corrected chi connectivity index (χ0v) is 8.90. The summed E-state index contributed by atoms with van der Waals surface area (Å²) < 4.78 is 5.04. The lowest BCUT2D eigenvalue weighted by Gasteiger charge is -2.17. The molecule has 0 saturated carbocycles. The van der Waals surface area contributed by atoms with Crippen LogP contribution in [-0.4, -0.2) is 23.1 Å². The predicted octanol–water partition coefficient (Wildman–Crippen LogP) is 1.33. The Kier molecular flexibility index (Phi) is 3.83. The van der Waals surface area contributed by atoms with Gasteiger partial charge in [0.1, 0.15) is 5.82 Å². The fourth-order valence-electron chi connectivity index (χ4n) is 1.44. The van der Waals surface area contributed by atoms with E-state index in [0.29, 0.717) is 5.88 Å². The lowest BCUT2D eigenvalue weighted by atomic mass is 9.98.